The van der Waals surface area contributed by atoms with E-state index in [-0.39, 0.29) is 36.0 Å². The zero-order valence-electron chi connectivity index (χ0n) is 7.61. The second-order valence-corrected chi connectivity index (χ2v) is 2.24. The van der Waals surface area contributed by atoms with Gasteiger partial charge in [-0.3, -0.25) is 4.98 Å². The second-order valence-electron chi connectivity index (χ2n) is 2.24. The molecule has 0 unspecified atom stereocenters. The Labute approximate surface area is 98.2 Å². The first-order chi connectivity index (χ1) is 5.72. The van der Waals surface area contributed by atoms with E-state index in [4.69, 9.17) is 4.74 Å². The topological polar surface area (TPSA) is 62.2 Å². The van der Waals surface area contributed by atoms with Crippen LogP contribution < -0.4 is 39.4 Å². The number of carboxylic acid groups (broad SMARTS) is 1. The second kappa shape index (κ2) is 5.96. The maximum Gasteiger partial charge on any atom is 1.00 e. The molecule has 0 saturated heterocycles. The van der Waals surface area contributed by atoms with Gasteiger partial charge in [-0.05, 0) is 12.1 Å². The molecule has 0 aliphatic heterocycles. The summed E-state index contributed by atoms with van der Waals surface area (Å²) >= 11 is 0. The van der Waals surface area contributed by atoms with E-state index in [0.29, 0.717) is 11.4 Å². The Bertz CT molecular complexity index is 273. The van der Waals surface area contributed by atoms with Crippen LogP contribution in [0.3, 0.4) is 0 Å². The Hall–Kier alpha value is -0.580. The molecule has 0 aliphatic carbocycles. The van der Waals surface area contributed by atoms with Gasteiger partial charge in [0.1, 0.15) is 5.75 Å². The Morgan fingerprint density at radius 2 is 2.31 bits per heavy atom. The first-order valence-electron chi connectivity index (χ1n) is 3.41. The molecule has 0 bridgehead atoms. The van der Waals surface area contributed by atoms with Gasteiger partial charge in [0.05, 0.1) is 13.3 Å². The standard InChI is InChI=1S/C8H9NO3.Na/c1-12-7-3-2-6(9-5-7)4-8(10)11;/h2-3,5H,4H2,1H3,(H,10,11);/q;+1/p-1. The maximum atomic E-state index is 10.1. The van der Waals surface area contributed by atoms with Crippen LogP contribution in [0.5, 0.6) is 5.75 Å². The third kappa shape index (κ3) is 4.26. The molecule has 13 heavy (non-hydrogen) atoms. The summed E-state index contributed by atoms with van der Waals surface area (Å²) in [6.45, 7) is 0. The molecular weight excluding hydrogens is 181 g/mol. The Morgan fingerprint density at radius 1 is 1.62 bits per heavy atom. The number of nitrogens with zero attached hydrogens (tertiary/aromatic N) is 1. The number of pyridine rings is 1. The number of aromatic nitrogens is 1. The quantitative estimate of drug-likeness (QED) is 0.461. The van der Waals surface area contributed by atoms with Gasteiger partial charge in [-0.25, -0.2) is 0 Å². The van der Waals surface area contributed by atoms with Gasteiger partial charge in [-0.2, -0.15) is 0 Å². The van der Waals surface area contributed by atoms with Crippen LogP contribution in [0, 0.1) is 0 Å². The van der Waals surface area contributed by atoms with Crippen LogP contribution in [0.25, 0.3) is 0 Å². The van der Waals surface area contributed by atoms with Crippen molar-refractivity contribution in [3.8, 4) is 5.75 Å². The van der Waals surface area contributed by atoms with Gasteiger partial charge in [0.15, 0.2) is 0 Å². The molecule has 1 aromatic heterocycles. The Kier molecular flexibility index (Phi) is 5.70. The summed E-state index contributed by atoms with van der Waals surface area (Å²) in [4.78, 5) is 14.0. The van der Waals surface area contributed by atoms with Crippen molar-refractivity contribution in [2.24, 2.45) is 0 Å². The number of aliphatic carboxylic acids is 1. The summed E-state index contributed by atoms with van der Waals surface area (Å²) in [5.74, 6) is -0.523. The molecule has 0 amide bonds. The van der Waals surface area contributed by atoms with E-state index in [9.17, 15) is 9.90 Å². The number of ether oxygens (including phenoxy) is 1. The van der Waals surface area contributed by atoms with Crippen molar-refractivity contribution in [3.05, 3.63) is 24.0 Å². The SMILES string of the molecule is COc1ccc(CC(=O)[O-])nc1.[Na+]. The molecule has 64 valence electrons. The number of hydrogen-bond acceptors (Lipinski definition) is 4. The van der Waals surface area contributed by atoms with E-state index in [2.05, 4.69) is 4.98 Å². The summed E-state index contributed by atoms with van der Waals surface area (Å²) in [7, 11) is 1.52. The molecule has 0 fully saturated rings. The smallest absolute Gasteiger partial charge is 0.550 e. The third-order valence-electron chi connectivity index (χ3n) is 1.36. The number of carbonyl (C=O) groups is 1. The number of rotatable bonds is 3. The van der Waals surface area contributed by atoms with Crippen molar-refractivity contribution >= 4 is 5.97 Å². The van der Waals surface area contributed by atoms with Crippen molar-refractivity contribution in [1.29, 1.82) is 0 Å². The molecular formula is C8H8NNaO3. The van der Waals surface area contributed by atoms with Gasteiger partial charge in [0.2, 0.25) is 0 Å². The number of carboxylic acids is 1. The number of carbonyl (C=O) groups excluding carboxylic acids is 1. The van der Waals surface area contributed by atoms with Gasteiger partial charge in [0.25, 0.3) is 0 Å². The first kappa shape index (κ1) is 12.4. The molecule has 0 aliphatic rings. The molecule has 0 spiro atoms. The van der Waals surface area contributed by atoms with E-state index in [1.807, 2.05) is 0 Å². The van der Waals surface area contributed by atoms with Gasteiger partial charge in [0, 0.05) is 18.1 Å². The van der Waals surface area contributed by atoms with Gasteiger partial charge in [-0.1, -0.05) is 0 Å². The van der Waals surface area contributed by atoms with Gasteiger partial charge in [-0.15, -0.1) is 0 Å². The van der Waals surface area contributed by atoms with E-state index in [1.54, 1.807) is 12.1 Å². The zero-order valence-corrected chi connectivity index (χ0v) is 9.61. The fourth-order valence-electron chi connectivity index (χ4n) is 0.784. The minimum atomic E-state index is -1.13. The van der Waals surface area contributed by atoms with E-state index < -0.39 is 5.97 Å². The maximum absolute atomic E-state index is 10.1. The summed E-state index contributed by atoms with van der Waals surface area (Å²) in [6.07, 6.45) is 1.31. The van der Waals surface area contributed by atoms with Crippen LogP contribution in [0.15, 0.2) is 18.3 Å². The van der Waals surface area contributed by atoms with Crippen molar-refractivity contribution < 1.29 is 44.2 Å². The minimum absolute atomic E-state index is 0. The molecule has 0 atom stereocenters. The molecule has 5 heteroatoms. The Balaban J connectivity index is 0.00000144. The van der Waals surface area contributed by atoms with Crippen LogP contribution in [-0.4, -0.2) is 18.1 Å². The minimum Gasteiger partial charge on any atom is -0.550 e. The summed E-state index contributed by atoms with van der Waals surface area (Å²) in [5, 5.41) is 10.1. The molecule has 1 aromatic rings. The van der Waals surface area contributed by atoms with Gasteiger partial charge >= 0.3 is 29.6 Å². The number of hydrogen-bond donors (Lipinski definition) is 0. The molecule has 4 nitrogen and oxygen atoms in total. The summed E-state index contributed by atoms with van der Waals surface area (Å²) in [6, 6.07) is 3.25. The van der Waals surface area contributed by atoms with Crippen molar-refractivity contribution in [1.82, 2.24) is 4.98 Å². The predicted molar refractivity (Wildman–Crippen MR) is 39.5 cm³/mol. The third-order valence-corrected chi connectivity index (χ3v) is 1.36. The van der Waals surface area contributed by atoms with Crippen molar-refractivity contribution in [2.45, 2.75) is 6.42 Å². The fraction of sp³-hybridized carbons (Fsp3) is 0.250. The van der Waals surface area contributed by atoms with E-state index >= 15 is 0 Å². The van der Waals surface area contributed by atoms with Crippen LogP contribution in [-0.2, 0) is 11.2 Å². The monoisotopic (exact) mass is 189 g/mol. The average molecular weight is 189 g/mol. The molecule has 0 saturated carbocycles. The van der Waals surface area contributed by atoms with Crippen LogP contribution in [0.4, 0.5) is 0 Å². The molecule has 0 radical (unpaired) electrons. The number of methoxy groups -OCH3 is 1. The summed E-state index contributed by atoms with van der Waals surface area (Å²) in [5.41, 5.74) is 0.468. The molecule has 0 N–H and O–H groups in total. The van der Waals surface area contributed by atoms with Crippen molar-refractivity contribution in [3.63, 3.8) is 0 Å². The van der Waals surface area contributed by atoms with E-state index in [1.165, 1.54) is 13.3 Å². The normalized spacial score (nSPS) is 8.69. The predicted octanol–water partition coefficient (Wildman–Crippen LogP) is -3.61. The molecule has 0 aromatic carbocycles. The Morgan fingerprint density at radius 3 is 2.69 bits per heavy atom. The van der Waals surface area contributed by atoms with Crippen LogP contribution >= 0.6 is 0 Å². The van der Waals surface area contributed by atoms with Crippen LogP contribution in [0.1, 0.15) is 5.69 Å². The fourth-order valence-corrected chi connectivity index (χ4v) is 0.784. The van der Waals surface area contributed by atoms with Crippen LogP contribution in [0.2, 0.25) is 0 Å². The first-order valence-corrected chi connectivity index (χ1v) is 3.41. The zero-order chi connectivity index (χ0) is 8.97. The largest absolute Gasteiger partial charge is 1.00 e. The summed E-state index contributed by atoms with van der Waals surface area (Å²) < 4.78 is 4.85. The van der Waals surface area contributed by atoms with E-state index in [0.717, 1.165) is 0 Å². The van der Waals surface area contributed by atoms with Gasteiger partial charge < -0.3 is 14.6 Å². The average Bonchev–Trinajstić information content (AvgIpc) is 2.05. The molecule has 1 heterocycles. The molecule has 1 rings (SSSR count). The van der Waals surface area contributed by atoms with Crippen molar-refractivity contribution in [2.75, 3.05) is 7.11 Å².